The van der Waals surface area contributed by atoms with Gasteiger partial charge >= 0.3 is 0 Å². The zero-order valence-electron chi connectivity index (χ0n) is 13.3. The summed E-state index contributed by atoms with van der Waals surface area (Å²) in [5.74, 6) is 0.0132. The molecular weight excluding hydrogens is 284 g/mol. The van der Waals surface area contributed by atoms with Crippen molar-refractivity contribution in [3.05, 3.63) is 15.6 Å². The maximum absolute atomic E-state index is 12.2. The molecule has 2 rings (SSSR count). The van der Waals surface area contributed by atoms with Gasteiger partial charge in [0.25, 0.3) is 5.91 Å². The van der Waals surface area contributed by atoms with Gasteiger partial charge in [-0.25, -0.2) is 4.98 Å². The summed E-state index contributed by atoms with van der Waals surface area (Å²) in [7, 11) is 4.00. The predicted molar refractivity (Wildman–Crippen MR) is 87.1 cm³/mol. The molecule has 1 fully saturated rings. The molecule has 1 aliphatic rings. The molecule has 0 bridgehead atoms. The topological polar surface area (TPSA) is 48.5 Å². The lowest BCUT2D eigenvalue weighted by Gasteiger charge is -2.12. The van der Waals surface area contributed by atoms with Crippen LogP contribution in [-0.4, -0.2) is 67.5 Å². The van der Waals surface area contributed by atoms with Gasteiger partial charge in [0, 0.05) is 26.1 Å². The van der Waals surface area contributed by atoms with Crippen molar-refractivity contribution in [3.8, 4) is 0 Å². The first-order valence-corrected chi connectivity index (χ1v) is 8.49. The molecule has 0 unspecified atom stereocenters. The third kappa shape index (κ3) is 5.05. The third-order valence-electron chi connectivity index (χ3n) is 3.73. The van der Waals surface area contributed by atoms with Gasteiger partial charge in [0.1, 0.15) is 4.88 Å². The molecule has 0 radical (unpaired) electrons. The van der Waals surface area contributed by atoms with Gasteiger partial charge in [0.2, 0.25) is 0 Å². The molecule has 1 amide bonds. The lowest BCUT2D eigenvalue weighted by Crippen LogP contribution is -2.31. The van der Waals surface area contributed by atoms with E-state index < -0.39 is 0 Å². The fraction of sp³-hybridized carbons (Fsp3) is 0.733. The van der Waals surface area contributed by atoms with Crippen molar-refractivity contribution in [2.45, 2.75) is 26.2 Å². The van der Waals surface area contributed by atoms with Crippen molar-refractivity contribution in [1.29, 1.82) is 0 Å². The van der Waals surface area contributed by atoms with E-state index in [4.69, 9.17) is 0 Å². The first-order valence-electron chi connectivity index (χ1n) is 7.68. The summed E-state index contributed by atoms with van der Waals surface area (Å²) in [5.41, 5.74) is 0.860. The molecule has 6 heteroatoms. The minimum atomic E-state index is 0.0132. The monoisotopic (exact) mass is 310 g/mol. The molecule has 1 N–H and O–H groups in total. The first-order chi connectivity index (χ1) is 10.1. The van der Waals surface area contributed by atoms with Crippen LogP contribution in [0.5, 0.6) is 0 Å². The number of likely N-dealkylation sites (N-methyl/N-ethyl adjacent to an activating group) is 1. The van der Waals surface area contributed by atoms with Crippen LogP contribution in [-0.2, 0) is 6.42 Å². The van der Waals surface area contributed by atoms with E-state index in [0.29, 0.717) is 6.54 Å². The average molecular weight is 310 g/mol. The molecule has 5 nitrogen and oxygen atoms in total. The van der Waals surface area contributed by atoms with Crippen LogP contribution in [0.1, 0.15) is 33.2 Å². The highest BCUT2D eigenvalue weighted by Crippen LogP contribution is 2.19. The highest BCUT2D eigenvalue weighted by Gasteiger charge is 2.16. The molecule has 0 aromatic carbocycles. The zero-order valence-corrected chi connectivity index (χ0v) is 14.1. The molecule has 1 aromatic rings. The van der Waals surface area contributed by atoms with Crippen LogP contribution in [0.25, 0.3) is 0 Å². The number of amides is 1. The maximum Gasteiger partial charge on any atom is 0.263 e. The van der Waals surface area contributed by atoms with E-state index in [9.17, 15) is 4.79 Å². The summed E-state index contributed by atoms with van der Waals surface area (Å²) in [5, 5.41) is 4.04. The van der Waals surface area contributed by atoms with Gasteiger partial charge in [-0.2, -0.15) is 0 Å². The number of nitrogens with zero attached hydrogens (tertiary/aromatic N) is 3. The van der Waals surface area contributed by atoms with Crippen LogP contribution in [0, 0.1) is 6.92 Å². The number of aromatic nitrogens is 1. The standard InChI is InChI=1S/C15H26N4OS/c1-12-14(15(20)16-7-11-18(2)3)21-13(17-12)6-10-19-8-4-5-9-19/h4-11H2,1-3H3,(H,16,20). The van der Waals surface area contributed by atoms with Gasteiger partial charge in [0.05, 0.1) is 10.7 Å². The lowest BCUT2D eigenvalue weighted by molar-refractivity contribution is 0.0954. The molecule has 118 valence electrons. The Labute approximate surface area is 131 Å². The van der Waals surface area contributed by atoms with Gasteiger partial charge in [-0.3, -0.25) is 4.79 Å². The van der Waals surface area contributed by atoms with Gasteiger partial charge in [-0.15, -0.1) is 11.3 Å². The van der Waals surface area contributed by atoms with E-state index in [1.807, 2.05) is 21.0 Å². The molecule has 21 heavy (non-hydrogen) atoms. The van der Waals surface area contributed by atoms with Gasteiger partial charge < -0.3 is 15.1 Å². The molecule has 0 spiro atoms. The van der Waals surface area contributed by atoms with Crippen molar-refractivity contribution in [2.75, 3.05) is 46.8 Å². The Morgan fingerprint density at radius 1 is 1.38 bits per heavy atom. The van der Waals surface area contributed by atoms with E-state index in [2.05, 4.69) is 20.1 Å². The SMILES string of the molecule is Cc1nc(CCN2CCCC2)sc1C(=O)NCCN(C)C. The van der Waals surface area contributed by atoms with Crippen LogP contribution < -0.4 is 5.32 Å². The summed E-state index contributed by atoms with van der Waals surface area (Å²) >= 11 is 1.55. The molecular formula is C15H26N4OS. The molecule has 1 aromatic heterocycles. The predicted octanol–water partition coefficient (Wildman–Crippen LogP) is 1.38. The number of carbonyl (C=O) groups excluding carboxylic acids is 1. The van der Waals surface area contributed by atoms with Crippen LogP contribution >= 0.6 is 11.3 Å². The molecule has 0 saturated carbocycles. The van der Waals surface area contributed by atoms with Crippen molar-refractivity contribution >= 4 is 17.2 Å². The van der Waals surface area contributed by atoms with Crippen LogP contribution in [0.3, 0.4) is 0 Å². The number of likely N-dealkylation sites (tertiary alicyclic amines) is 1. The lowest BCUT2D eigenvalue weighted by atomic mass is 10.3. The Morgan fingerprint density at radius 3 is 2.76 bits per heavy atom. The van der Waals surface area contributed by atoms with E-state index in [1.165, 1.54) is 25.9 Å². The normalized spacial score (nSPS) is 15.8. The van der Waals surface area contributed by atoms with E-state index in [1.54, 1.807) is 11.3 Å². The second-order valence-corrected chi connectivity index (χ2v) is 6.96. The average Bonchev–Trinajstić information content (AvgIpc) is 3.05. The zero-order chi connectivity index (χ0) is 15.2. The fourth-order valence-corrected chi connectivity index (χ4v) is 3.47. The molecule has 0 aliphatic carbocycles. The highest BCUT2D eigenvalue weighted by molar-refractivity contribution is 7.13. The number of thiazole rings is 1. The minimum absolute atomic E-state index is 0.0132. The quantitative estimate of drug-likeness (QED) is 0.827. The van der Waals surface area contributed by atoms with Crippen LogP contribution in [0.2, 0.25) is 0 Å². The first kappa shape index (κ1) is 16.4. The van der Waals surface area contributed by atoms with Gasteiger partial charge in [0.15, 0.2) is 0 Å². The van der Waals surface area contributed by atoms with E-state index in [-0.39, 0.29) is 5.91 Å². The Morgan fingerprint density at radius 2 is 2.10 bits per heavy atom. The minimum Gasteiger partial charge on any atom is -0.350 e. The van der Waals surface area contributed by atoms with Crippen molar-refractivity contribution in [2.24, 2.45) is 0 Å². The Balaban J connectivity index is 1.84. The molecule has 1 saturated heterocycles. The second-order valence-electron chi connectivity index (χ2n) is 5.88. The highest BCUT2D eigenvalue weighted by atomic mass is 32.1. The number of nitrogens with one attached hydrogen (secondary N) is 1. The summed E-state index contributed by atoms with van der Waals surface area (Å²) in [6.07, 6.45) is 3.59. The summed E-state index contributed by atoms with van der Waals surface area (Å²) < 4.78 is 0. The second kappa shape index (κ2) is 7.87. The van der Waals surface area contributed by atoms with E-state index >= 15 is 0 Å². The van der Waals surface area contributed by atoms with Gasteiger partial charge in [-0.05, 0) is 47.0 Å². The number of aryl methyl sites for hydroxylation is 1. The number of rotatable bonds is 7. The Hall–Kier alpha value is -0.980. The van der Waals surface area contributed by atoms with Crippen LogP contribution in [0.15, 0.2) is 0 Å². The van der Waals surface area contributed by atoms with E-state index in [0.717, 1.165) is 35.1 Å². The van der Waals surface area contributed by atoms with Crippen LogP contribution in [0.4, 0.5) is 0 Å². The Kier molecular flexibility index (Phi) is 6.14. The molecule has 0 atom stereocenters. The largest absolute Gasteiger partial charge is 0.350 e. The van der Waals surface area contributed by atoms with Gasteiger partial charge in [-0.1, -0.05) is 0 Å². The number of carbonyl (C=O) groups is 1. The summed E-state index contributed by atoms with van der Waals surface area (Å²) in [4.78, 5) is 22.0. The number of hydrogen-bond donors (Lipinski definition) is 1. The van der Waals surface area contributed by atoms with Crippen molar-refractivity contribution in [3.63, 3.8) is 0 Å². The summed E-state index contributed by atoms with van der Waals surface area (Å²) in [6.45, 7) is 6.94. The number of hydrogen-bond acceptors (Lipinski definition) is 5. The smallest absolute Gasteiger partial charge is 0.263 e. The van der Waals surface area contributed by atoms with Crippen molar-refractivity contribution in [1.82, 2.24) is 20.1 Å². The third-order valence-corrected chi connectivity index (χ3v) is 4.95. The van der Waals surface area contributed by atoms with Crippen molar-refractivity contribution < 1.29 is 4.79 Å². The maximum atomic E-state index is 12.2. The molecule has 1 aliphatic heterocycles. The molecule has 2 heterocycles. The Bertz CT molecular complexity index is 466. The fourth-order valence-electron chi connectivity index (χ4n) is 2.50. The summed E-state index contributed by atoms with van der Waals surface area (Å²) in [6, 6.07) is 0.